The lowest BCUT2D eigenvalue weighted by Gasteiger charge is -2.04. The van der Waals surface area contributed by atoms with Gasteiger partial charge in [-0.1, -0.05) is 72.3 Å². The van der Waals surface area contributed by atoms with Crippen LogP contribution in [0.1, 0.15) is 11.1 Å². The lowest BCUT2D eigenvalue weighted by Crippen LogP contribution is -2.18. The Hall–Kier alpha value is -2.92. The van der Waals surface area contributed by atoms with E-state index in [0.717, 1.165) is 22.3 Å². The molecule has 3 rings (SSSR count). The smallest absolute Gasteiger partial charge is 0.200 e. The van der Waals surface area contributed by atoms with Gasteiger partial charge >= 0.3 is 0 Å². The normalized spacial score (nSPS) is 11.6. The summed E-state index contributed by atoms with van der Waals surface area (Å²) in [6.45, 7) is 1.90. The molecule has 0 aliphatic rings. The molecule has 0 saturated carbocycles. The van der Waals surface area contributed by atoms with E-state index in [0.29, 0.717) is 0 Å². The Kier molecular flexibility index (Phi) is 4.95. The third-order valence-corrected chi connectivity index (χ3v) is 4.97. The zero-order chi connectivity index (χ0) is 17.7. The van der Waals surface area contributed by atoms with Gasteiger partial charge < -0.3 is 0 Å². The molecule has 0 aromatic heterocycles. The van der Waals surface area contributed by atoms with E-state index in [1.165, 1.54) is 6.21 Å². The SMILES string of the molecule is Cc1ccc(S(=O)(=O)N/N=C\c2ccc(-c3ccccc3)cc2)cc1. The second-order valence-electron chi connectivity index (χ2n) is 5.65. The number of rotatable bonds is 5. The van der Waals surface area contributed by atoms with Crippen LogP contribution in [-0.2, 0) is 10.0 Å². The highest BCUT2D eigenvalue weighted by Crippen LogP contribution is 2.18. The minimum Gasteiger partial charge on any atom is -0.200 e. The van der Waals surface area contributed by atoms with Gasteiger partial charge in [0, 0.05) is 0 Å². The van der Waals surface area contributed by atoms with Crippen LogP contribution in [0.2, 0.25) is 0 Å². The summed E-state index contributed by atoms with van der Waals surface area (Å²) in [5, 5.41) is 3.85. The highest BCUT2D eigenvalue weighted by Gasteiger charge is 2.11. The number of hydrogen-bond acceptors (Lipinski definition) is 3. The van der Waals surface area contributed by atoms with Crippen molar-refractivity contribution < 1.29 is 8.42 Å². The molecule has 0 aliphatic heterocycles. The van der Waals surface area contributed by atoms with Crippen molar-refractivity contribution in [2.24, 2.45) is 5.10 Å². The molecule has 0 aliphatic carbocycles. The zero-order valence-electron chi connectivity index (χ0n) is 13.8. The number of hydrogen-bond donors (Lipinski definition) is 1. The molecule has 0 unspecified atom stereocenters. The standard InChI is InChI=1S/C20H18N2O2S/c1-16-7-13-20(14-8-16)25(23,24)22-21-15-17-9-11-19(12-10-17)18-5-3-2-4-6-18/h2-15,22H,1H3/b21-15-. The van der Waals surface area contributed by atoms with Crippen LogP contribution >= 0.6 is 0 Å². The average Bonchev–Trinajstić information content (AvgIpc) is 2.63. The second-order valence-corrected chi connectivity index (χ2v) is 7.31. The zero-order valence-corrected chi connectivity index (χ0v) is 14.6. The van der Waals surface area contributed by atoms with Gasteiger partial charge in [0.05, 0.1) is 11.1 Å². The Balaban J connectivity index is 1.69. The summed E-state index contributed by atoms with van der Waals surface area (Å²) in [6, 6.07) is 24.4. The van der Waals surface area contributed by atoms with E-state index in [-0.39, 0.29) is 4.90 Å². The van der Waals surface area contributed by atoms with Crippen LogP contribution in [0.3, 0.4) is 0 Å². The Morgan fingerprint density at radius 3 is 2.04 bits per heavy atom. The fourth-order valence-corrected chi connectivity index (χ4v) is 3.12. The van der Waals surface area contributed by atoms with Crippen molar-refractivity contribution >= 4 is 16.2 Å². The largest absolute Gasteiger partial charge is 0.276 e. The molecule has 3 aromatic carbocycles. The summed E-state index contributed by atoms with van der Waals surface area (Å²) in [7, 11) is -3.65. The minimum atomic E-state index is -3.65. The number of sulfonamides is 1. The fourth-order valence-electron chi connectivity index (χ4n) is 2.33. The highest BCUT2D eigenvalue weighted by molar-refractivity contribution is 7.89. The number of nitrogens with zero attached hydrogens (tertiary/aromatic N) is 1. The summed E-state index contributed by atoms with van der Waals surface area (Å²) in [5.41, 5.74) is 4.04. The molecule has 25 heavy (non-hydrogen) atoms. The Morgan fingerprint density at radius 1 is 0.800 bits per heavy atom. The van der Waals surface area contributed by atoms with E-state index in [1.807, 2.05) is 61.5 Å². The molecule has 0 amide bonds. The summed E-state index contributed by atoms with van der Waals surface area (Å²) in [6.07, 6.45) is 1.49. The lowest BCUT2D eigenvalue weighted by atomic mass is 10.0. The number of hydrazone groups is 1. The van der Waals surface area contributed by atoms with Gasteiger partial charge in [-0.2, -0.15) is 13.5 Å². The number of benzene rings is 3. The van der Waals surface area contributed by atoms with Crippen LogP contribution in [0.25, 0.3) is 11.1 Å². The average molecular weight is 350 g/mol. The maximum absolute atomic E-state index is 12.1. The fraction of sp³-hybridized carbons (Fsp3) is 0.0500. The summed E-state index contributed by atoms with van der Waals surface area (Å²) in [5.74, 6) is 0. The Bertz CT molecular complexity index is 962. The van der Waals surface area contributed by atoms with E-state index in [2.05, 4.69) is 9.93 Å². The first kappa shape index (κ1) is 16.9. The van der Waals surface area contributed by atoms with Gasteiger partial charge in [0.25, 0.3) is 10.0 Å². The van der Waals surface area contributed by atoms with Crippen LogP contribution in [-0.4, -0.2) is 14.6 Å². The first-order valence-corrected chi connectivity index (χ1v) is 9.30. The molecule has 0 heterocycles. The first-order valence-electron chi connectivity index (χ1n) is 7.82. The summed E-state index contributed by atoms with van der Waals surface area (Å²) in [4.78, 5) is 2.42. The maximum Gasteiger partial charge on any atom is 0.276 e. The van der Waals surface area contributed by atoms with Crippen molar-refractivity contribution in [3.05, 3.63) is 90.0 Å². The molecule has 0 spiro atoms. The van der Waals surface area contributed by atoms with Crippen LogP contribution < -0.4 is 4.83 Å². The highest BCUT2D eigenvalue weighted by atomic mass is 32.2. The molecule has 0 saturated heterocycles. The third kappa shape index (κ3) is 4.33. The van der Waals surface area contributed by atoms with Crippen molar-refractivity contribution in [2.45, 2.75) is 11.8 Å². The molecule has 0 atom stereocenters. The molecule has 0 radical (unpaired) electrons. The second kappa shape index (κ2) is 7.32. The van der Waals surface area contributed by atoms with Crippen LogP contribution in [0.4, 0.5) is 0 Å². The van der Waals surface area contributed by atoms with E-state index in [4.69, 9.17) is 0 Å². The van der Waals surface area contributed by atoms with Crippen LogP contribution in [0.15, 0.2) is 88.9 Å². The van der Waals surface area contributed by atoms with Crippen molar-refractivity contribution in [3.63, 3.8) is 0 Å². The van der Waals surface area contributed by atoms with E-state index >= 15 is 0 Å². The van der Waals surface area contributed by atoms with Gasteiger partial charge in [0.1, 0.15) is 0 Å². The molecule has 4 nitrogen and oxygen atoms in total. The predicted molar refractivity (Wildman–Crippen MR) is 101 cm³/mol. The van der Waals surface area contributed by atoms with Crippen molar-refractivity contribution in [3.8, 4) is 11.1 Å². The maximum atomic E-state index is 12.1. The van der Waals surface area contributed by atoms with Crippen molar-refractivity contribution in [1.29, 1.82) is 0 Å². The minimum absolute atomic E-state index is 0.190. The van der Waals surface area contributed by atoms with Crippen LogP contribution in [0, 0.1) is 6.92 Å². The quantitative estimate of drug-likeness (QED) is 0.559. The van der Waals surface area contributed by atoms with E-state index in [9.17, 15) is 8.42 Å². The van der Waals surface area contributed by atoms with Gasteiger partial charge in [0.2, 0.25) is 0 Å². The number of nitrogens with one attached hydrogen (secondary N) is 1. The summed E-state index contributed by atoms with van der Waals surface area (Å²) < 4.78 is 24.3. The van der Waals surface area contributed by atoms with Gasteiger partial charge in [-0.3, -0.25) is 0 Å². The molecule has 5 heteroatoms. The summed E-state index contributed by atoms with van der Waals surface area (Å²) >= 11 is 0. The molecule has 0 fully saturated rings. The van der Waals surface area contributed by atoms with Gasteiger partial charge in [-0.05, 0) is 35.7 Å². The predicted octanol–water partition coefficient (Wildman–Crippen LogP) is 3.97. The van der Waals surface area contributed by atoms with Gasteiger partial charge in [0.15, 0.2) is 0 Å². The topological polar surface area (TPSA) is 58.5 Å². The Morgan fingerprint density at radius 2 is 1.40 bits per heavy atom. The Labute approximate surface area is 147 Å². The molecular weight excluding hydrogens is 332 g/mol. The van der Waals surface area contributed by atoms with Crippen LogP contribution in [0.5, 0.6) is 0 Å². The van der Waals surface area contributed by atoms with Gasteiger partial charge in [-0.15, -0.1) is 0 Å². The number of aryl methyl sites for hydroxylation is 1. The molecule has 1 N–H and O–H groups in total. The molecular formula is C20H18N2O2S. The molecule has 3 aromatic rings. The van der Waals surface area contributed by atoms with Crippen molar-refractivity contribution in [1.82, 2.24) is 4.83 Å². The van der Waals surface area contributed by atoms with Crippen molar-refractivity contribution in [2.75, 3.05) is 0 Å². The molecule has 126 valence electrons. The van der Waals surface area contributed by atoms with E-state index < -0.39 is 10.0 Å². The first-order chi connectivity index (χ1) is 12.0. The van der Waals surface area contributed by atoms with Gasteiger partial charge in [-0.25, -0.2) is 4.83 Å². The monoisotopic (exact) mass is 350 g/mol. The lowest BCUT2D eigenvalue weighted by molar-refractivity contribution is 0.584. The van der Waals surface area contributed by atoms with E-state index in [1.54, 1.807) is 24.3 Å². The molecule has 0 bridgehead atoms. The third-order valence-electron chi connectivity index (χ3n) is 3.74.